The standard InChI is InChI=1S/C22H21BrN2O6/c1-13-18(14(2)31-25-13)11-30-22(27)15-4-9-19(20(10-15)28-3)29-12-21(26)24-17-7-5-16(23)6-8-17/h4-10H,11-12H2,1-3H3,(H,24,26). The lowest BCUT2D eigenvalue weighted by Crippen LogP contribution is -2.20. The quantitative estimate of drug-likeness (QED) is 0.467. The second-order valence-corrected chi connectivity index (χ2v) is 7.50. The third kappa shape index (κ3) is 5.85. The molecule has 3 rings (SSSR count). The fourth-order valence-corrected chi connectivity index (χ4v) is 2.98. The van der Waals surface area contributed by atoms with Gasteiger partial charge in [-0.1, -0.05) is 21.1 Å². The molecule has 0 saturated carbocycles. The van der Waals surface area contributed by atoms with E-state index in [2.05, 4.69) is 26.4 Å². The van der Waals surface area contributed by atoms with Crippen molar-refractivity contribution in [3.05, 3.63) is 69.5 Å². The first-order valence-corrected chi connectivity index (χ1v) is 10.1. The minimum atomic E-state index is -0.530. The van der Waals surface area contributed by atoms with Gasteiger partial charge in [0.2, 0.25) is 0 Å². The summed E-state index contributed by atoms with van der Waals surface area (Å²) in [5.74, 6) is 0.386. The van der Waals surface area contributed by atoms with Crippen molar-refractivity contribution in [3.63, 3.8) is 0 Å². The van der Waals surface area contributed by atoms with Crippen LogP contribution in [0.15, 0.2) is 51.5 Å². The van der Waals surface area contributed by atoms with Crippen LogP contribution in [0.1, 0.15) is 27.4 Å². The Labute approximate surface area is 187 Å². The van der Waals surface area contributed by atoms with Crippen molar-refractivity contribution in [3.8, 4) is 11.5 Å². The number of nitrogens with zero attached hydrogens (tertiary/aromatic N) is 1. The molecule has 1 heterocycles. The Hall–Kier alpha value is -3.33. The van der Waals surface area contributed by atoms with Crippen molar-refractivity contribution in [2.45, 2.75) is 20.5 Å². The molecule has 1 aromatic heterocycles. The fourth-order valence-electron chi connectivity index (χ4n) is 2.72. The largest absolute Gasteiger partial charge is 0.493 e. The summed E-state index contributed by atoms with van der Waals surface area (Å²) in [6.45, 7) is 3.37. The topological polar surface area (TPSA) is 99.9 Å². The highest BCUT2D eigenvalue weighted by Gasteiger charge is 2.16. The molecule has 1 amide bonds. The van der Waals surface area contributed by atoms with Crippen LogP contribution in [0.25, 0.3) is 0 Å². The lowest BCUT2D eigenvalue weighted by atomic mass is 10.2. The average molecular weight is 489 g/mol. The number of rotatable bonds is 8. The second kappa shape index (κ2) is 10.1. The molecule has 0 saturated heterocycles. The number of hydrogen-bond donors (Lipinski definition) is 1. The van der Waals surface area contributed by atoms with Gasteiger partial charge in [-0.25, -0.2) is 4.79 Å². The van der Waals surface area contributed by atoms with E-state index in [1.165, 1.54) is 13.2 Å². The van der Waals surface area contributed by atoms with Gasteiger partial charge in [-0.3, -0.25) is 4.79 Å². The van der Waals surface area contributed by atoms with Crippen molar-refractivity contribution in [2.24, 2.45) is 0 Å². The van der Waals surface area contributed by atoms with Gasteiger partial charge in [0.05, 0.1) is 23.9 Å². The van der Waals surface area contributed by atoms with Gasteiger partial charge in [-0.15, -0.1) is 0 Å². The Kier molecular flexibility index (Phi) is 7.30. The van der Waals surface area contributed by atoms with Gasteiger partial charge in [-0.2, -0.15) is 0 Å². The fraction of sp³-hybridized carbons (Fsp3) is 0.227. The molecule has 3 aromatic rings. The number of carbonyl (C=O) groups is 2. The number of halogens is 1. The first kappa shape index (κ1) is 22.4. The van der Waals surface area contributed by atoms with Gasteiger partial charge in [0.25, 0.3) is 5.91 Å². The minimum Gasteiger partial charge on any atom is -0.493 e. The van der Waals surface area contributed by atoms with Crippen LogP contribution in [0, 0.1) is 13.8 Å². The monoisotopic (exact) mass is 488 g/mol. The molecule has 0 aliphatic heterocycles. The average Bonchev–Trinajstić information content (AvgIpc) is 3.09. The molecule has 0 radical (unpaired) electrons. The highest BCUT2D eigenvalue weighted by Crippen LogP contribution is 2.28. The summed E-state index contributed by atoms with van der Waals surface area (Å²) in [5.41, 5.74) is 2.35. The number of benzene rings is 2. The first-order chi connectivity index (χ1) is 14.9. The molecular formula is C22H21BrN2O6. The smallest absolute Gasteiger partial charge is 0.338 e. The summed E-state index contributed by atoms with van der Waals surface area (Å²) in [7, 11) is 1.45. The lowest BCUT2D eigenvalue weighted by Gasteiger charge is -2.12. The molecule has 31 heavy (non-hydrogen) atoms. The molecule has 0 aliphatic rings. The maximum absolute atomic E-state index is 12.4. The van der Waals surface area contributed by atoms with Crippen LogP contribution in [0.4, 0.5) is 5.69 Å². The third-order valence-corrected chi connectivity index (χ3v) is 4.94. The highest BCUT2D eigenvalue weighted by molar-refractivity contribution is 9.10. The number of anilines is 1. The van der Waals surface area contributed by atoms with Gasteiger partial charge in [-0.05, 0) is 56.3 Å². The summed E-state index contributed by atoms with van der Waals surface area (Å²) in [6.07, 6.45) is 0. The van der Waals surface area contributed by atoms with E-state index >= 15 is 0 Å². The van der Waals surface area contributed by atoms with E-state index in [1.54, 1.807) is 38.1 Å². The van der Waals surface area contributed by atoms with Crippen LogP contribution in [0.3, 0.4) is 0 Å². The Bertz CT molecular complexity index is 1060. The number of carbonyl (C=O) groups excluding carboxylic acids is 2. The number of ether oxygens (including phenoxy) is 3. The maximum atomic E-state index is 12.4. The van der Waals surface area contributed by atoms with E-state index in [4.69, 9.17) is 18.7 Å². The van der Waals surface area contributed by atoms with Crippen molar-refractivity contribution in [2.75, 3.05) is 19.0 Å². The van der Waals surface area contributed by atoms with Crippen molar-refractivity contribution >= 4 is 33.5 Å². The molecule has 1 N–H and O–H groups in total. The molecule has 9 heteroatoms. The number of esters is 1. The number of methoxy groups -OCH3 is 1. The van der Waals surface area contributed by atoms with E-state index in [-0.39, 0.29) is 24.7 Å². The van der Waals surface area contributed by atoms with Crippen LogP contribution >= 0.6 is 15.9 Å². The second-order valence-electron chi connectivity index (χ2n) is 6.59. The highest BCUT2D eigenvalue weighted by atomic mass is 79.9. The molecule has 2 aromatic carbocycles. The van der Waals surface area contributed by atoms with Gasteiger partial charge in [0.1, 0.15) is 12.4 Å². The summed E-state index contributed by atoms with van der Waals surface area (Å²) >= 11 is 3.34. The Morgan fingerprint density at radius 1 is 1.10 bits per heavy atom. The van der Waals surface area contributed by atoms with Gasteiger partial charge < -0.3 is 24.1 Å². The van der Waals surface area contributed by atoms with E-state index < -0.39 is 5.97 Å². The van der Waals surface area contributed by atoms with Crippen LogP contribution in [0.5, 0.6) is 11.5 Å². The summed E-state index contributed by atoms with van der Waals surface area (Å²) in [5, 5.41) is 6.57. The van der Waals surface area contributed by atoms with E-state index in [9.17, 15) is 9.59 Å². The molecule has 8 nitrogen and oxygen atoms in total. The minimum absolute atomic E-state index is 0.0524. The lowest BCUT2D eigenvalue weighted by molar-refractivity contribution is -0.118. The van der Waals surface area contributed by atoms with Gasteiger partial charge in [0.15, 0.2) is 18.1 Å². The van der Waals surface area contributed by atoms with E-state index in [0.717, 1.165) is 10.0 Å². The van der Waals surface area contributed by atoms with Gasteiger partial charge in [0, 0.05) is 10.2 Å². The summed E-state index contributed by atoms with van der Waals surface area (Å²) in [4.78, 5) is 24.5. The zero-order valence-electron chi connectivity index (χ0n) is 17.2. The zero-order valence-corrected chi connectivity index (χ0v) is 18.8. The first-order valence-electron chi connectivity index (χ1n) is 9.32. The Morgan fingerprint density at radius 2 is 1.84 bits per heavy atom. The van der Waals surface area contributed by atoms with Crippen LogP contribution in [0.2, 0.25) is 0 Å². The summed E-state index contributed by atoms with van der Waals surface area (Å²) < 4.78 is 22.2. The summed E-state index contributed by atoms with van der Waals surface area (Å²) in [6, 6.07) is 11.8. The van der Waals surface area contributed by atoms with E-state index in [1.807, 2.05) is 12.1 Å². The Morgan fingerprint density at radius 3 is 2.48 bits per heavy atom. The van der Waals surface area contributed by atoms with Crippen molar-refractivity contribution < 1.29 is 28.3 Å². The number of nitrogens with one attached hydrogen (secondary N) is 1. The molecule has 0 bridgehead atoms. The van der Waals surface area contributed by atoms with Crippen LogP contribution in [-0.4, -0.2) is 30.7 Å². The molecule has 0 unspecified atom stereocenters. The molecule has 162 valence electrons. The molecule has 0 atom stereocenters. The predicted molar refractivity (Wildman–Crippen MR) is 116 cm³/mol. The number of amides is 1. The number of aryl methyl sites for hydroxylation is 2. The van der Waals surface area contributed by atoms with Gasteiger partial charge >= 0.3 is 5.97 Å². The predicted octanol–water partition coefficient (Wildman–Crippen LogP) is 4.44. The van der Waals surface area contributed by atoms with Crippen molar-refractivity contribution in [1.29, 1.82) is 0 Å². The normalized spacial score (nSPS) is 10.5. The van der Waals surface area contributed by atoms with Crippen LogP contribution < -0.4 is 14.8 Å². The maximum Gasteiger partial charge on any atom is 0.338 e. The number of aromatic nitrogens is 1. The van der Waals surface area contributed by atoms with Crippen LogP contribution in [-0.2, 0) is 16.1 Å². The molecule has 0 fully saturated rings. The number of hydrogen-bond acceptors (Lipinski definition) is 7. The third-order valence-electron chi connectivity index (χ3n) is 4.41. The van der Waals surface area contributed by atoms with E-state index in [0.29, 0.717) is 28.6 Å². The molecule has 0 spiro atoms. The molecule has 0 aliphatic carbocycles. The SMILES string of the molecule is COc1cc(C(=O)OCc2c(C)noc2C)ccc1OCC(=O)Nc1ccc(Br)cc1. The Balaban J connectivity index is 1.59. The zero-order chi connectivity index (χ0) is 22.4. The molecular weight excluding hydrogens is 468 g/mol. The van der Waals surface area contributed by atoms with Crippen molar-refractivity contribution in [1.82, 2.24) is 5.16 Å².